The zero-order valence-electron chi connectivity index (χ0n) is 14.0. The van der Waals surface area contributed by atoms with Gasteiger partial charge in [-0.15, -0.1) is 0 Å². The van der Waals surface area contributed by atoms with E-state index in [9.17, 15) is 0 Å². The van der Waals surface area contributed by atoms with Crippen molar-refractivity contribution in [2.75, 3.05) is 13.1 Å². The van der Waals surface area contributed by atoms with Crippen molar-refractivity contribution in [1.82, 2.24) is 4.90 Å². The smallest absolute Gasteiger partial charge is 0.0158 e. The second-order valence-corrected chi connectivity index (χ2v) is 6.57. The van der Waals surface area contributed by atoms with Crippen LogP contribution in [0.15, 0.2) is 23.3 Å². The summed E-state index contributed by atoms with van der Waals surface area (Å²) in [4.78, 5) is 2.70. The molecule has 1 nitrogen and oxygen atoms in total. The third-order valence-corrected chi connectivity index (χ3v) is 5.61. The van der Waals surface area contributed by atoms with Crippen LogP contribution in [0.25, 0.3) is 0 Å². The molecule has 2 rings (SSSR count). The third kappa shape index (κ3) is 3.19. The summed E-state index contributed by atoms with van der Waals surface area (Å²) < 4.78 is 0. The Morgan fingerprint density at radius 1 is 1.05 bits per heavy atom. The van der Waals surface area contributed by atoms with Crippen LogP contribution in [0.4, 0.5) is 0 Å². The Hall–Kier alpha value is -0.560. The minimum absolute atomic E-state index is 0.756. The Balaban J connectivity index is 2.29. The molecule has 2 aliphatic rings. The molecule has 3 atom stereocenters. The highest BCUT2D eigenvalue weighted by atomic mass is 15.1. The molecule has 0 aromatic rings. The molecular formula is C19H33N. The Labute approximate surface area is 126 Å². The van der Waals surface area contributed by atoms with Crippen molar-refractivity contribution in [3.8, 4) is 0 Å². The highest BCUT2D eigenvalue weighted by Crippen LogP contribution is 2.41. The average Bonchev–Trinajstić information content (AvgIpc) is 2.65. The molecule has 0 bridgehead atoms. The van der Waals surface area contributed by atoms with Gasteiger partial charge in [0.1, 0.15) is 0 Å². The molecule has 114 valence electrons. The van der Waals surface area contributed by atoms with Crippen molar-refractivity contribution in [2.45, 2.75) is 72.3 Å². The Kier molecular flexibility index (Phi) is 5.89. The summed E-state index contributed by atoms with van der Waals surface area (Å²) in [7, 11) is 0. The first kappa shape index (κ1) is 15.8. The predicted molar refractivity (Wildman–Crippen MR) is 88.9 cm³/mol. The largest absolute Gasteiger partial charge is 0.300 e. The van der Waals surface area contributed by atoms with E-state index in [2.05, 4.69) is 44.7 Å². The lowest BCUT2D eigenvalue weighted by atomic mass is 9.79. The van der Waals surface area contributed by atoms with Crippen molar-refractivity contribution in [1.29, 1.82) is 0 Å². The molecule has 1 heteroatoms. The van der Waals surface area contributed by atoms with E-state index < -0.39 is 0 Å². The summed E-state index contributed by atoms with van der Waals surface area (Å²) in [6.45, 7) is 11.9. The van der Waals surface area contributed by atoms with E-state index >= 15 is 0 Å². The van der Waals surface area contributed by atoms with E-state index in [1.165, 1.54) is 51.6 Å². The zero-order chi connectivity index (χ0) is 14.5. The number of nitrogens with zero attached hydrogens (tertiary/aromatic N) is 1. The number of allylic oxidation sites excluding steroid dienone is 3. The van der Waals surface area contributed by atoms with Gasteiger partial charge in [-0.3, -0.25) is 0 Å². The van der Waals surface area contributed by atoms with E-state index in [-0.39, 0.29) is 0 Å². The Morgan fingerprint density at radius 3 is 2.30 bits per heavy atom. The van der Waals surface area contributed by atoms with Crippen LogP contribution >= 0.6 is 0 Å². The molecule has 0 aromatic heterocycles. The molecule has 3 unspecified atom stereocenters. The molecule has 0 saturated carbocycles. The normalized spacial score (nSPS) is 28.4. The van der Waals surface area contributed by atoms with Crippen molar-refractivity contribution < 1.29 is 0 Å². The second-order valence-electron chi connectivity index (χ2n) is 6.57. The fourth-order valence-corrected chi connectivity index (χ4v) is 4.50. The van der Waals surface area contributed by atoms with E-state index in [1.807, 2.05) is 5.57 Å². The van der Waals surface area contributed by atoms with Gasteiger partial charge in [-0.05, 0) is 57.0 Å². The van der Waals surface area contributed by atoms with Gasteiger partial charge in [-0.1, -0.05) is 57.4 Å². The van der Waals surface area contributed by atoms with Crippen LogP contribution in [0.5, 0.6) is 0 Å². The molecule has 0 amide bonds. The third-order valence-electron chi connectivity index (χ3n) is 5.61. The predicted octanol–water partition coefficient (Wildman–Crippen LogP) is 5.19. The lowest BCUT2D eigenvalue weighted by molar-refractivity contribution is 0.158. The fraction of sp³-hybridized carbons (Fsp3) is 0.789. The zero-order valence-corrected chi connectivity index (χ0v) is 14.0. The molecule has 0 radical (unpaired) electrons. The van der Waals surface area contributed by atoms with Gasteiger partial charge in [0, 0.05) is 6.04 Å². The quantitative estimate of drug-likeness (QED) is 0.624. The van der Waals surface area contributed by atoms with Crippen molar-refractivity contribution in [3.05, 3.63) is 23.3 Å². The van der Waals surface area contributed by atoms with Crippen LogP contribution in [0.2, 0.25) is 0 Å². The van der Waals surface area contributed by atoms with Gasteiger partial charge < -0.3 is 4.90 Å². The molecule has 0 heterocycles. The maximum Gasteiger partial charge on any atom is 0.0158 e. The summed E-state index contributed by atoms with van der Waals surface area (Å²) in [5, 5.41) is 0. The SMILES string of the molecule is CCC(C1CCCC(C)C2=C1CC=CC2)N(CC)CC. The highest BCUT2D eigenvalue weighted by Gasteiger charge is 2.32. The molecule has 0 fully saturated rings. The lowest BCUT2D eigenvalue weighted by Crippen LogP contribution is -2.41. The number of rotatable bonds is 5. The van der Waals surface area contributed by atoms with Gasteiger partial charge in [-0.2, -0.15) is 0 Å². The minimum Gasteiger partial charge on any atom is -0.300 e. The van der Waals surface area contributed by atoms with Gasteiger partial charge in [0.15, 0.2) is 0 Å². The maximum atomic E-state index is 2.70. The molecule has 0 N–H and O–H groups in total. The van der Waals surface area contributed by atoms with Crippen LogP contribution in [0.1, 0.15) is 66.2 Å². The first-order valence-electron chi connectivity index (χ1n) is 8.83. The Bertz CT molecular complexity index is 362. The van der Waals surface area contributed by atoms with E-state index in [4.69, 9.17) is 0 Å². The second kappa shape index (κ2) is 7.45. The van der Waals surface area contributed by atoms with E-state index in [0.29, 0.717) is 0 Å². The maximum absolute atomic E-state index is 2.70. The van der Waals surface area contributed by atoms with Gasteiger partial charge in [0.05, 0.1) is 0 Å². The molecule has 2 aliphatic carbocycles. The first-order chi connectivity index (χ1) is 9.72. The number of hydrogen-bond donors (Lipinski definition) is 0. The van der Waals surface area contributed by atoms with Crippen molar-refractivity contribution >= 4 is 0 Å². The fourth-order valence-electron chi connectivity index (χ4n) is 4.50. The molecule has 0 aliphatic heterocycles. The van der Waals surface area contributed by atoms with Crippen LogP contribution in [0, 0.1) is 11.8 Å². The molecule has 0 aromatic carbocycles. The molecule has 20 heavy (non-hydrogen) atoms. The molecule has 0 saturated heterocycles. The monoisotopic (exact) mass is 275 g/mol. The van der Waals surface area contributed by atoms with Crippen LogP contribution in [0.3, 0.4) is 0 Å². The standard InChI is InChI=1S/C19H33N/c1-5-19(20(6-2)7-3)18-14-10-11-15(4)16-12-8-9-13-17(16)18/h8-9,15,18-19H,5-7,10-14H2,1-4H3. The average molecular weight is 275 g/mol. The van der Waals surface area contributed by atoms with Gasteiger partial charge in [-0.25, -0.2) is 0 Å². The minimum atomic E-state index is 0.756. The van der Waals surface area contributed by atoms with Gasteiger partial charge in [0.25, 0.3) is 0 Å². The molecule has 0 spiro atoms. The lowest BCUT2D eigenvalue weighted by Gasteiger charge is -2.38. The summed E-state index contributed by atoms with van der Waals surface area (Å²) in [6.07, 6.45) is 12.8. The summed E-state index contributed by atoms with van der Waals surface area (Å²) in [6, 6.07) is 0.756. The van der Waals surface area contributed by atoms with Crippen LogP contribution in [-0.2, 0) is 0 Å². The Morgan fingerprint density at radius 2 is 1.70 bits per heavy atom. The van der Waals surface area contributed by atoms with Crippen LogP contribution in [-0.4, -0.2) is 24.0 Å². The summed E-state index contributed by atoms with van der Waals surface area (Å²) >= 11 is 0. The van der Waals surface area contributed by atoms with Crippen molar-refractivity contribution in [3.63, 3.8) is 0 Å². The van der Waals surface area contributed by atoms with Gasteiger partial charge in [0.2, 0.25) is 0 Å². The van der Waals surface area contributed by atoms with Gasteiger partial charge >= 0.3 is 0 Å². The van der Waals surface area contributed by atoms with Crippen LogP contribution < -0.4 is 0 Å². The number of hydrogen-bond acceptors (Lipinski definition) is 1. The summed E-state index contributed by atoms with van der Waals surface area (Å²) in [5.41, 5.74) is 3.61. The van der Waals surface area contributed by atoms with E-state index in [1.54, 1.807) is 5.57 Å². The van der Waals surface area contributed by atoms with Crippen molar-refractivity contribution in [2.24, 2.45) is 11.8 Å². The topological polar surface area (TPSA) is 3.24 Å². The summed E-state index contributed by atoms with van der Waals surface area (Å²) in [5.74, 6) is 1.62. The highest BCUT2D eigenvalue weighted by molar-refractivity contribution is 5.30. The first-order valence-corrected chi connectivity index (χ1v) is 8.83. The molecular weight excluding hydrogens is 242 g/mol. The van der Waals surface area contributed by atoms with E-state index in [0.717, 1.165) is 17.9 Å².